The first-order chi connectivity index (χ1) is 20.3. The third-order valence-corrected chi connectivity index (χ3v) is 9.10. The first kappa shape index (κ1) is 35.8. The zero-order valence-electron chi connectivity index (χ0n) is 24.3. The van der Waals surface area contributed by atoms with Gasteiger partial charge in [-0.1, -0.05) is 0 Å². The molecule has 45 heavy (non-hydrogen) atoms. The lowest BCUT2D eigenvalue weighted by Crippen LogP contribution is -2.57. The number of fused-ring (bicyclic) bond motifs is 1. The van der Waals surface area contributed by atoms with E-state index in [0.717, 1.165) is 25.1 Å². The molecule has 2 heterocycles. The summed E-state index contributed by atoms with van der Waals surface area (Å²) in [7, 11) is -4.83. The van der Waals surface area contributed by atoms with Crippen molar-refractivity contribution in [2.75, 3.05) is 9.62 Å². The molecule has 0 saturated heterocycles. The van der Waals surface area contributed by atoms with Crippen LogP contribution >= 0.6 is 0 Å². The van der Waals surface area contributed by atoms with Crippen molar-refractivity contribution in [2.24, 2.45) is 5.73 Å². The summed E-state index contributed by atoms with van der Waals surface area (Å²) in [6.07, 6.45) is -13.6. The molecule has 0 bridgehead atoms. The van der Waals surface area contributed by atoms with E-state index in [1.807, 2.05) is 5.32 Å². The number of carbonyl (C=O) groups excluding carboxylic acids is 2. The summed E-state index contributed by atoms with van der Waals surface area (Å²) in [5.41, 5.74) is -1.88. The highest BCUT2D eigenvalue weighted by molar-refractivity contribution is 7.93. The second-order valence-corrected chi connectivity index (χ2v) is 12.7. The Hall–Kier alpha value is -3.68. The fourth-order valence-electron chi connectivity index (χ4n) is 4.20. The molecule has 3 rings (SSSR count). The topological polar surface area (TPSA) is 146 Å². The molecule has 0 aliphatic carbocycles. The summed E-state index contributed by atoms with van der Waals surface area (Å²) in [5, 5.41) is 5.53. The molecule has 0 radical (unpaired) electrons. The SMILES string of the molecule is Cc1nn(C(F)F)cc1S(=O)(=O)N1c2cc(NC(=O)OC(C)(C)C(F)(F)F)ccc2O[C@@H](CCC(=O)C(C)(N)C(F)(F)F)[C@H]1C. The zero-order chi connectivity index (χ0) is 34.5. The molecule has 0 spiro atoms. The molecule has 3 atom stereocenters. The summed E-state index contributed by atoms with van der Waals surface area (Å²) in [5.74, 6) is -1.66. The van der Waals surface area contributed by atoms with Gasteiger partial charge in [-0.3, -0.25) is 14.4 Å². The van der Waals surface area contributed by atoms with Crippen molar-refractivity contribution in [3.8, 4) is 5.75 Å². The average Bonchev–Trinajstić information content (AvgIpc) is 3.28. The molecule has 0 fully saturated rings. The molecule has 1 aromatic carbocycles. The van der Waals surface area contributed by atoms with Crippen LogP contribution in [0.2, 0.25) is 0 Å². The molecule has 20 heteroatoms. The fraction of sp³-hybridized carbons (Fsp3) is 0.560. The smallest absolute Gasteiger partial charge is 0.427 e. The Bertz CT molecular complexity index is 1560. The number of alkyl halides is 8. The Balaban J connectivity index is 2.04. The summed E-state index contributed by atoms with van der Waals surface area (Å²) < 4.78 is 145. The van der Waals surface area contributed by atoms with E-state index in [2.05, 4.69) is 9.84 Å². The standard InChI is InChI=1S/C25H29F8N5O6S/c1-12-18(11-37(36-12)20(26)27)45(41,42)38-13(2)16(8-9-19(39)23(5,34)25(31,32)33)43-17-7-6-14(10-15(17)38)35-21(40)44-22(3,4)24(28,29)30/h6-7,10-11,13,16,20H,8-9,34H2,1-5H3,(H,35,40)/t13-,16+,23?/m1/s1. The fourth-order valence-corrected chi connectivity index (χ4v) is 6.04. The van der Waals surface area contributed by atoms with Crippen LogP contribution in [0.25, 0.3) is 0 Å². The van der Waals surface area contributed by atoms with Gasteiger partial charge in [0.1, 0.15) is 16.7 Å². The number of carbonyl (C=O) groups is 2. The number of hydrogen-bond acceptors (Lipinski definition) is 8. The van der Waals surface area contributed by atoms with Crippen molar-refractivity contribution in [1.82, 2.24) is 9.78 Å². The Kier molecular flexibility index (Phi) is 9.48. The number of Topliss-reactive ketones (excluding diaryl/α,β-unsaturated/α-hetero) is 1. The van der Waals surface area contributed by atoms with Crippen LogP contribution < -0.4 is 20.1 Å². The lowest BCUT2D eigenvalue weighted by Gasteiger charge is -2.41. The molecule has 252 valence electrons. The minimum atomic E-state index is -5.09. The lowest BCUT2D eigenvalue weighted by molar-refractivity contribution is -0.242. The summed E-state index contributed by atoms with van der Waals surface area (Å²) in [4.78, 5) is 24.0. The number of benzene rings is 1. The van der Waals surface area contributed by atoms with E-state index in [0.29, 0.717) is 31.3 Å². The minimum absolute atomic E-state index is 0.0833. The number of rotatable bonds is 9. The van der Waals surface area contributed by atoms with Gasteiger partial charge in [-0.05, 0) is 59.2 Å². The van der Waals surface area contributed by atoms with Gasteiger partial charge >= 0.3 is 25.0 Å². The van der Waals surface area contributed by atoms with Gasteiger partial charge in [-0.15, -0.1) is 0 Å². The number of nitrogens with two attached hydrogens (primary N) is 1. The van der Waals surface area contributed by atoms with Crippen LogP contribution in [0, 0.1) is 6.92 Å². The first-order valence-corrected chi connectivity index (χ1v) is 14.4. The molecule has 2 aromatic rings. The summed E-state index contributed by atoms with van der Waals surface area (Å²) >= 11 is 0. The maximum Gasteiger partial charge on any atom is 0.427 e. The van der Waals surface area contributed by atoms with E-state index in [-0.39, 0.29) is 27.5 Å². The second kappa shape index (κ2) is 11.9. The van der Waals surface area contributed by atoms with Crippen molar-refractivity contribution in [3.05, 3.63) is 30.1 Å². The Morgan fingerprint density at radius 3 is 2.22 bits per heavy atom. The van der Waals surface area contributed by atoms with Crippen LogP contribution in [-0.2, 0) is 19.6 Å². The Morgan fingerprint density at radius 1 is 1.11 bits per heavy atom. The van der Waals surface area contributed by atoms with Crippen molar-refractivity contribution in [1.29, 1.82) is 0 Å². The van der Waals surface area contributed by atoms with Gasteiger partial charge in [0.15, 0.2) is 11.3 Å². The molecular formula is C25H29F8N5O6S. The number of amides is 1. The third-order valence-electron chi connectivity index (χ3n) is 7.09. The highest BCUT2D eigenvalue weighted by atomic mass is 32.2. The number of ether oxygens (including phenoxy) is 2. The normalized spacial score (nSPS) is 19.0. The average molecular weight is 680 g/mol. The van der Waals surface area contributed by atoms with E-state index in [9.17, 15) is 53.1 Å². The number of nitrogens with one attached hydrogen (secondary N) is 1. The predicted molar refractivity (Wildman–Crippen MR) is 141 cm³/mol. The van der Waals surface area contributed by atoms with Gasteiger partial charge in [0, 0.05) is 12.1 Å². The van der Waals surface area contributed by atoms with E-state index in [1.54, 1.807) is 0 Å². The largest absolute Gasteiger partial charge is 0.486 e. The quantitative estimate of drug-likeness (QED) is 0.333. The molecule has 1 aromatic heterocycles. The molecule has 3 N–H and O–H groups in total. The van der Waals surface area contributed by atoms with Crippen molar-refractivity contribution in [2.45, 2.75) is 94.5 Å². The monoisotopic (exact) mass is 679 g/mol. The molecule has 1 unspecified atom stereocenters. The molecular weight excluding hydrogens is 650 g/mol. The molecule has 1 aliphatic heterocycles. The van der Waals surface area contributed by atoms with E-state index < -0.39 is 81.8 Å². The first-order valence-electron chi connectivity index (χ1n) is 13.0. The number of sulfonamides is 1. The number of aryl methyl sites for hydroxylation is 1. The van der Waals surface area contributed by atoms with Crippen molar-refractivity contribution in [3.63, 3.8) is 0 Å². The highest BCUT2D eigenvalue weighted by Crippen LogP contribution is 2.43. The lowest BCUT2D eigenvalue weighted by atomic mass is 9.91. The van der Waals surface area contributed by atoms with Crippen LogP contribution in [0.15, 0.2) is 29.3 Å². The summed E-state index contributed by atoms with van der Waals surface area (Å²) in [6, 6.07) is 1.86. The van der Waals surface area contributed by atoms with Crippen LogP contribution in [0.3, 0.4) is 0 Å². The maximum absolute atomic E-state index is 13.9. The Morgan fingerprint density at radius 2 is 1.71 bits per heavy atom. The van der Waals surface area contributed by atoms with Gasteiger partial charge in [0.25, 0.3) is 10.0 Å². The van der Waals surface area contributed by atoms with Crippen LogP contribution in [0.1, 0.15) is 52.8 Å². The van der Waals surface area contributed by atoms with Crippen molar-refractivity contribution >= 4 is 33.3 Å². The maximum atomic E-state index is 13.9. The zero-order valence-corrected chi connectivity index (χ0v) is 25.1. The number of anilines is 2. The molecule has 1 amide bonds. The molecule has 11 nitrogen and oxygen atoms in total. The predicted octanol–water partition coefficient (Wildman–Crippen LogP) is 5.45. The van der Waals surface area contributed by atoms with Gasteiger partial charge in [0.05, 0.1) is 23.6 Å². The molecule has 0 saturated carbocycles. The number of halogens is 8. The van der Waals surface area contributed by atoms with E-state index in [4.69, 9.17) is 10.5 Å². The third kappa shape index (κ3) is 7.10. The Labute approximate surface area is 251 Å². The van der Waals surface area contributed by atoms with Crippen molar-refractivity contribution < 1.29 is 62.6 Å². The van der Waals surface area contributed by atoms with Gasteiger partial charge in [0.2, 0.25) is 5.60 Å². The number of hydrogen-bond donors (Lipinski definition) is 2. The molecule has 1 aliphatic rings. The minimum Gasteiger partial charge on any atom is -0.486 e. The second-order valence-electron chi connectivity index (χ2n) is 10.9. The number of ketones is 1. The van der Waals surface area contributed by atoms with Gasteiger partial charge in [-0.25, -0.2) is 17.9 Å². The van der Waals surface area contributed by atoms with Crippen LogP contribution in [-0.4, -0.2) is 65.7 Å². The number of aromatic nitrogens is 2. The van der Waals surface area contributed by atoms with E-state index >= 15 is 0 Å². The van der Waals surface area contributed by atoms with Crippen LogP contribution in [0.5, 0.6) is 5.75 Å². The van der Waals surface area contributed by atoms with Gasteiger partial charge < -0.3 is 15.2 Å². The van der Waals surface area contributed by atoms with Crippen LogP contribution in [0.4, 0.5) is 51.3 Å². The highest BCUT2D eigenvalue weighted by Gasteiger charge is 2.54. The summed E-state index contributed by atoms with van der Waals surface area (Å²) in [6.45, 7) is 0.835. The van der Waals surface area contributed by atoms with E-state index in [1.165, 1.54) is 6.92 Å². The number of nitrogens with zero attached hydrogens (tertiary/aromatic N) is 3. The van der Waals surface area contributed by atoms with Gasteiger partial charge in [-0.2, -0.15) is 40.2 Å².